The van der Waals surface area contributed by atoms with E-state index in [9.17, 15) is 0 Å². The van der Waals surface area contributed by atoms with Crippen molar-refractivity contribution in [3.63, 3.8) is 0 Å². The zero-order valence-corrected chi connectivity index (χ0v) is 8.97. The van der Waals surface area contributed by atoms with Crippen LogP contribution in [0.5, 0.6) is 0 Å². The smallest absolute Gasteiger partial charge is 0.00922 e. The average Bonchev–Trinajstić information content (AvgIpc) is 2.99. The van der Waals surface area contributed by atoms with Gasteiger partial charge in [-0.3, -0.25) is 0 Å². The summed E-state index contributed by atoms with van der Waals surface area (Å²) in [4.78, 5) is 2.62. The largest absolute Gasteiger partial charge is 0.303 e. The van der Waals surface area contributed by atoms with E-state index in [0.29, 0.717) is 0 Å². The summed E-state index contributed by atoms with van der Waals surface area (Å²) >= 11 is 0. The van der Waals surface area contributed by atoms with Gasteiger partial charge in [-0.25, -0.2) is 0 Å². The van der Waals surface area contributed by atoms with E-state index in [4.69, 9.17) is 0 Å². The maximum absolute atomic E-state index is 2.62. The van der Waals surface area contributed by atoms with Crippen LogP contribution in [0.25, 0.3) is 0 Å². The second-order valence-corrected chi connectivity index (χ2v) is 5.00. The van der Waals surface area contributed by atoms with E-state index in [2.05, 4.69) is 11.9 Å². The van der Waals surface area contributed by atoms with E-state index >= 15 is 0 Å². The van der Waals surface area contributed by atoms with Crippen LogP contribution in [0.4, 0.5) is 0 Å². The van der Waals surface area contributed by atoms with Gasteiger partial charge in [0.25, 0.3) is 0 Å². The molecule has 2 aliphatic rings. The molecule has 1 heteroatoms. The van der Waals surface area contributed by atoms with E-state index in [1.807, 2.05) is 0 Å². The Balaban J connectivity index is 1.64. The number of rotatable bonds is 4. The monoisotopic (exact) mass is 181 g/mol. The van der Waals surface area contributed by atoms with E-state index in [1.54, 1.807) is 0 Å². The summed E-state index contributed by atoms with van der Waals surface area (Å²) < 4.78 is 0. The summed E-state index contributed by atoms with van der Waals surface area (Å²) in [7, 11) is 2.33. The molecule has 0 amide bonds. The van der Waals surface area contributed by atoms with Crippen molar-refractivity contribution in [2.75, 3.05) is 13.6 Å². The second kappa shape index (κ2) is 4.45. The molecule has 0 bridgehead atoms. The molecule has 2 aliphatic carbocycles. The maximum Gasteiger partial charge on any atom is 0.00922 e. The van der Waals surface area contributed by atoms with Crippen LogP contribution < -0.4 is 0 Å². The van der Waals surface area contributed by atoms with Gasteiger partial charge in [0, 0.05) is 6.04 Å². The first-order valence-corrected chi connectivity index (χ1v) is 6.06. The van der Waals surface area contributed by atoms with Gasteiger partial charge in [-0.1, -0.05) is 32.1 Å². The molecule has 2 saturated carbocycles. The average molecular weight is 181 g/mol. The summed E-state index contributed by atoms with van der Waals surface area (Å²) in [6, 6.07) is 0.924. The van der Waals surface area contributed by atoms with Gasteiger partial charge < -0.3 is 4.90 Å². The molecule has 13 heavy (non-hydrogen) atoms. The fourth-order valence-corrected chi connectivity index (χ4v) is 2.50. The number of hydrogen-bond acceptors (Lipinski definition) is 1. The predicted octanol–water partition coefficient (Wildman–Crippen LogP) is 3.05. The van der Waals surface area contributed by atoms with E-state index in [-0.39, 0.29) is 0 Å². The van der Waals surface area contributed by atoms with Crippen LogP contribution >= 0.6 is 0 Å². The maximum atomic E-state index is 2.62. The Morgan fingerprint density at radius 1 is 1.00 bits per heavy atom. The molecule has 0 aromatic heterocycles. The lowest BCUT2D eigenvalue weighted by Gasteiger charge is -2.31. The second-order valence-electron chi connectivity index (χ2n) is 5.00. The van der Waals surface area contributed by atoms with Gasteiger partial charge in [0.15, 0.2) is 0 Å². The Labute approximate surface area is 82.5 Å². The van der Waals surface area contributed by atoms with Gasteiger partial charge in [0.05, 0.1) is 0 Å². The third-order valence-corrected chi connectivity index (χ3v) is 3.79. The Morgan fingerprint density at radius 2 is 1.69 bits per heavy atom. The van der Waals surface area contributed by atoms with Gasteiger partial charge in [-0.15, -0.1) is 0 Å². The lowest BCUT2D eigenvalue weighted by atomic mass is 9.94. The lowest BCUT2D eigenvalue weighted by Crippen LogP contribution is -2.34. The van der Waals surface area contributed by atoms with Crippen molar-refractivity contribution < 1.29 is 0 Å². The summed E-state index contributed by atoms with van der Waals surface area (Å²) in [6.07, 6.45) is 11.8. The molecule has 0 spiro atoms. The van der Waals surface area contributed by atoms with Gasteiger partial charge in [-0.05, 0) is 38.8 Å². The molecule has 0 radical (unpaired) electrons. The third kappa shape index (κ3) is 2.98. The van der Waals surface area contributed by atoms with E-state index in [1.165, 1.54) is 57.9 Å². The topological polar surface area (TPSA) is 3.24 Å². The molecular formula is C12H23N. The molecular weight excluding hydrogens is 158 g/mol. The fourth-order valence-electron chi connectivity index (χ4n) is 2.50. The first-order chi connectivity index (χ1) is 6.36. The normalized spacial score (nSPS) is 25.4. The zero-order valence-electron chi connectivity index (χ0n) is 8.97. The lowest BCUT2D eigenvalue weighted by molar-refractivity contribution is 0.187. The minimum absolute atomic E-state index is 0.924. The summed E-state index contributed by atoms with van der Waals surface area (Å²) in [5.74, 6) is 1.10. The van der Waals surface area contributed by atoms with E-state index in [0.717, 1.165) is 12.0 Å². The zero-order chi connectivity index (χ0) is 9.10. The summed E-state index contributed by atoms with van der Waals surface area (Å²) in [6.45, 7) is 1.36. The minimum atomic E-state index is 0.924. The van der Waals surface area contributed by atoms with Gasteiger partial charge in [0.1, 0.15) is 0 Å². The molecule has 2 fully saturated rings. The van der Waals surface area contributed by atoms with Crippen molar-refractivity contribution in [1.29, 1.82) is 0 Å². The van der Waals surface area contributed by atoms with Gasteiger partial charge in [0.2, 0.25) is 0 Å². The predicted molar refractivity (Wildman–Crippen MR) is 56.8 cm³/mol. The van der Waals surface area contributed by atoms with Crippen molar-refractivity contribution in [2.45, 2.75) is 57.4 Å². The van der Waals surface area contributed by atoms with Crippen LogP contribution in [0.2, 0.25) is 0 Å². The van der Waals surface area contributed by atoms with E-state index < -0.39 is 0 Å². The highest BCUT2D eigenvalue weighted by Crippen LogP contribution is 2.33. The Bertz CT molecular complexity index is 145. The highest BCUT2D eigenvalue weighted by molar-refractivity contribution is 4.77. The molecule has 76 valence electrons. The van der Waals surface area contributed by atoms with Crippen LogP contribution in [-0.2, 0) is 0 Å². The Morgan fingerprint density at radius 3 is 2.31 bits per heavy atom. The van der Waals surface area contributed by atoms with Crippen molar-refractivity contribution in [2.24, 2.45) is 5.92 Å². The molecule has 0 heterocycles. The van der Waals surface area contributed by atoms with Crippen molar-refractivity contribution in [3.8, 4) is 0 Å². The van der Waals surface area contributed by atoms with Crippen LogP contribution in [0, 0.1) is 5.92 Å². The molecule has 0 saturated heterocycles. The van der Waals surface area contributed by atoms with Crippen LogP contribution in [0.1, 0.15) is 51.4 Å². The highest BCUT2D eigenvalue weighted by Gasteiger charge is 2.23. The Kier molecular flexibility index (Phi) is 3.26. The number of nitrogens with zero attached hydrogens (tertiary/aromatic N) is 1. The first kappa shape index (κ1) is 9.51. The highest BCUT2D eigenvalue weighted by atomic mass is 15.1. The Hall–Kier alpha value is -0.0400. The molecule has 1 nitrogen and oxygen atoms in total. The van der Waals surface area contributed by atoms with Crippen molar-refractivity contribution in [3.05, 3.63) is 0 Å². The fraction of sp³-hybridized carbons (Fsp3) is 1.00. The third-order valence-electron chi connectivity index (χ3n) is 3.79. The first-order valence-electron chi connectivity index (χ1n) is 6.06. The van der Waals surface area contributed by atoms with Crippen molar-refractivity contribution >= 4 is 0 Å². The summed E-state index contributed by atoms with van der Waals surface area (Å²) in [5, 5.41) is 0. The standard InChI is InChI=1S/C12H23N/c1-13(10-9-11-7-8-11)12-5-3-2-4-6-12/h11-12H,2-10H2,1H3. The quantitative estimate of drug-likeness (QED) is 0.644. The van der Waals surface area contributed by atoms with Crippen molar-refractivity contribution in [1.82, 2.24) is 4.90 Å². The van der Waals surface area contributed by atoms with Crippen LogP contribution in [0.15, 0.2) is 0 Å². The summed E-state index contributed by atoms with van der Waals surface area (Å²) in [5.41, 5.74) is 0. The molecule has 2 rings (SSSR count). The van der Waals surface area contributed by atoms with Gasteiger partial charge in [-0.2, -0.15) is 0 Å². The van der Waals surface area contributed by atoms with Crippen LogP contribution in [0.3, 0.4) is 0 Å². The molecule has 0 unspecified atom stereocenters. The minimum Gasteiger partial charge on any atom is -0.303 e. The molecule has 0 aromatic carbocycles. The SMILES string of the molecule is CN(CCC1CC1)C1CCCCC1. The van der Waals surface area contributed by atoms with Gasteiger partial charge >= 0.3 is 0 Å². The molecule has 0 aromatic rings. The molecule has 0 atom stereocenters. The molecule has 0 N–H and O–H groups in total. The number of hydrogen-bond donors (Lipinski definition) is 0. The van der Waals surface area contributed by atoms with Crippen LogP contribution in [-0.4, -0.2) is 24.5 Å². The molecule has 0 aliphatic heterocycles.